The van der Waals surface area contributed by atoms with Crippen molar-refractivity contribution in [1.82, 2.24) is 24.3 Å². The van der Waals surface area contributed by atoms with Crippen LogP contribution in [0.25, 0.3) is 33.1 Å². The molecule has 1 aliphatic carbocycles. The molecule has 0 radical (unpaired) electrons. The summed E-state index contributed by atoms with van der Waals surface area (Å²) in [6.07, 6.45) is 6.56. The second kappa shape index (κ2) is 8.84. The van der Waals surface area contributed by atoms with Crippen LogP contribution in [0, 0.1) is 5.41 Å². The van der Waals surface area contributed by atoms with E-state index in [1.807, 2.05) is 29.9 Å². The molecule has 0 spiro atoms. The van der Waals surface area contributed by atoms with Crippen LogP contribution in [0.2, 0.25) is 5.02 Å². The van der Waals surface area contributed by atoms with Crippen LogP contribution in [-0.4, -0.2) is 51.2 Å². The van der Waals surface area contributed by atoms with E-state index in [4.69, 9.17) is 22.0 Å². The lowest BCUT2D eigenvalue weighted by Gasteiger charge is -2.39. The molecule has 0 amide bonds. The summed E-state index contributed by atoms with van der Waals surface area (Å²) in [7, 11) is 1.99. The standard InChI is InChI=1S/C27H31ClN6/c1-32-25-17-31-24-11-4-19(18-2-5-20(28)6-3-18)16-23(24)26(25)34(27(32)29)22-9-7-21(8-10-22)33-14-12-30-13-15-33/h2-6,11,16-17,21-22,29-30H,7-10,12-15H2,1H3/t21-,22-. The number of rotatable bonds is 3. The van der Waals surface area contributed by atoms with Gasteiger partial charge in [0.15, 0.2) is 0 Å². The Balaban J connectivity index is 1.41. The Bertz CT molecular complexity index is 1390. The van der Waals surface area contributed by atoms with E-state index in [0.29, 0.717) is 17.7 Å². The minimum Gasteiger partial charge on any atom is -0.314 e. The summed E-state index contributed by atoms with van der Waals surface area (Å²) < 4.78 is 4.28. The van der Waals surface area contributed by atoms with Crippen LogP contribution in [0.3, 0.4) is 0 Å². The van der Waals surface area contributed by atoms with E-state index in [1.165, 1.54) is 12.8 Å². The molecule has 2 aromatic carbocycles. The maximum atomic E-state index is 8.99. The molecule has 0 bridgehead atoms. The summed E-state index contributed by atoms with van der Waals surface area (Å²) in [5.74, 6) is 0. The summed E-state index contributed by atoms with van der Waals surface area (Å²) in [5, 5.41) is 14.3. The van der Waals surface area contributed by atoms with Gasteiger partial charge in [-0.15, -0.1) is 0 Å². The van der Waals surface area contributed by atoms with Crippen molar-refractivity contribution >= 4 is 33.5 Å². The Morgan fingerprint density at radius 1 is 0.941 bits per heavy atom. The van der Waals surface area contributed by atoms with Gasteiger partial charge in [0.05, 0.1) is 22.7 Å². The molecule has 176 valence electrons. The SMILES string of the molecule is Cn1c(=N)n([C@H]2CC[C@H](N3CCNCC3)CC2)c2c3cc(-c4ccc(Cl)cc4)ccc3ncc21. The number of pyridine rings is 1. The summed E-state index contributed by atoms with van der Waals surface area (Å²) in [4.78, 5) is 7.41. The minimum atomic E-state index is 0.347. The number of aromatic nitrogens is 3. The van der Waals surface area contributed by atoms with Crippen LogP contribution in [0.5, 0.6) is 0 Å². The minimum absolute atomic E-state index is 0.347. The van der Waals surface area contributed by atoms with Crippen LogP contribution in [-0.2, 0) is 7.05 Å². The highest BCUT2D eigenvalue weighted by atomic mass is 35.5. The van der Waals surface area contributed by atoms with Crippen molar-refractivity contribution in [3.05, 3.63) is 59.3 Å². The molecule has 0 unspecified atom stereocenters. The Kier molecular flexibility index (Phi) is 5.68. The fourth-order valence-electron chi connectivity index (χ4n) is 5.95. The second-order valence-corrected chi connectivity index (χ2v) is 10.2. The van der Waals surface area contributed by atoms with E-state index < -0.39 is 0 Å². The Hall–Kier alpha value is -2.67. The average Bonchev–Trinajstić information content (AvgIpc) is 3.15. The summed E-state index contributed by atoms with van der Waals surface area (Å²) in [6.45, 7) is 4.52. The van der Waals surface area contributed by atoms with Crippen LogP contribution >= 0.6 is 11.6 Å². The Morgan fingerprint density at radius 2 is 1.62 bits per heavy atom. The third kappa shape index (κ3) is 3.74. The van der Waals surface area contributed by atoms with Gasteiger partial charge in [-0.2, -0.15) is 0 Å². The monoisotopic (exact) mass is 474 g/mol. The normalized spacial score (nSPS) is 21.9. The van der Waals surface area contributed by atoms with Gasteiger partial charge >= 0.3 is 0 Å². The number of fused-ring (bicyclic) bond motifs is 3. The molecule has 2 N–H and O–H groups in total. The van der Waals surface area contributed by atoms with Crippen molar-refractivity contribution in [3.8, 4) is 11.1 Å². The quantitative estimate of drug-likeness (QED) is 0.451. The lowest BCUT2D eigenvalue weighted by atomic mass is 9.89. The average molecular weight is 475 g/mol. The number of piperazine rings is 1. The van der Waals surface area contributed by atoms with Crippen molar-refractivity contribution in [2.45, 2.75) is 37.8 Å². The van der Waals surface area contributed by atoms with Crippen LogP contribution in [0.1, 0.15) is 31.7 Å². The highest BCUT2D eigenvalue weighted by Gasteiger charge is 2.29. The van der Waals surface area contributed by atoms with E-state index in [-0.39, 0.29) is 0 Å². The third-order valence-corrected chi connectivity index (χ3v) is 8.10. The molecule has 1 saturated carbocycles. The van der Waals surface area contributed by atoms with E-state index >= 15 is 0 Å². The Morgan fingerprint density at radius 3 is 2.35 bits per heavy atom. The maximum Gasteiger partial charge on any atom is 0.203 e. The first-order valence-electron chi connectivity index (χ1n) is 12.3. The topological polar surface area (TPSA) is 61.9 Å². The van der Waals surface area contributed by atoms with Crippen molar-refractivity contribution in [1.29, 1.82) is 5.41 Å². The molecule has 1 saturated heterocycles. The fraction of sp³-hybridized carbons (Fsp3) is 0.407. The number of hydrogen-bond acceptors (Lipinski definition) is 4. The van der Waals surface area contributed by atoms with Gasteiger partial charge in [0.2, 0.25) is 5.62 Å². The van der Waals surface area contributed by atoms with E-state index in [0.717, 1.165) is 77.1 Å². The first-order valence-corrected chi connectivity index (χ1v) is 12.7. The van der Waals surface area contributed by atoms with E-state index in [9.17, 15) is 0 Å². The molecular weight excluding hydrogens is 444 g/mol. The predicted octanol–water partition coefficient (Wildman–Crippen LogP) is 4.72. The number of aryl methyl sites for hydroxylation is 1. The van der Waals surface area contributed by atoms with Crippen LogP contribution in [0.4, 0.5) is 0 Å². The van der Waals surface area contributed by atoms with Gasteiger partial charge in [-0.1, -0.05) is 29.8 Å². The van der Waals surface area contributed by atoms with Gasteiger partial charge in [0.25, 0.3) is 0 Å². The third-order valence-electron chi connectivity index (χ3n) is 7.85. The van der Waals surface area contributed by atoms with E-state index in [2.05, 4.69) is 45.1 Å². The van der Waals surface area contributed by atoms with Crippen molar-refractivity contribution in [3.63, 3.8) is 0 Å². The van der Waals surface area contributed by atoms with Crippen LogP contribution < -0.4 is 10.9 Å². The first-order chi connectivity index (χ1) is 16.6. The molecule has 4 aromatic rings. The Labute approximate surface area is 204 Å². The molecule has 1 aliphatic heterocycles. The number of hydrogen-bond donors (Lipinski definition) is 2. The summed E-state index contributed by atoms with van der Waals surface area (Å²) >= 11 is 6.12. The molecule has 2 fully saturated rings. The fourth-order valence-corrected chi connectivity index (χ4v) is 6.08. The van der Waals surface area contributed by atoms with Crippen molar-refractivity contribution in [2.75, 3.05) is 26.2 Å². The molecule has 0 atom stereocenters. The summed E-state index contributed by atoms with van der Waals surface area (Å²) in [6, 6.07) is 15.5. The molecule has 2 aromatic heterocycles. The van der Waals surface area contributed by atoms with Gasteiger partial charge in [-0.05, 0) is 61.1 Å². The summed E-state index contributed by atoms with van der Waals surface area (Å²) in [5.41, 5.74) is 5.97. The second-order valence-electron chi connectivity index (χ2n) is 9.73. The molecule has 34 heavy (non-hydrogen) atoms. The molecule has 2 aliphatic rings. The van der Waals surface area contributed by atoms with Gasteiger partial charge in [0.1, 0.15) is 0 Å². The largest absolute Gasteiger partial charge is 0.314 e. The number of nitrogens with zero attached hydrogens (tertiary/aromatic N) is 4. The molecule has 7 heteroatoms. The lowest BCUT2D eigenvalue weighted by Crippen LogP contribution is -2.49. The van der Waals surface area contributed by atoms with Gasteiger partial charge in [-0.3, -0.25) is 15.3 Å². The zero-order valence-electron chi connectivity index (χ0n) is 19.6. The van der Waals surface area contributed by atoms with Crippen molar-refractivity contribution < 1.29 is 0 Å². The highest BCUT2D eigenvalue weighted by Crippen LogP contribution is 2.35. The smallest absolute Gasteiger partial charge is 0.203 e. The van der Waals surface area contributed by atoms with Gasteiger partial charge in [0, 0.05) is 55.7 Å². The number of benzene rings is 2. The number of halogens is 1. The number of nitrogens with one attached hydrogen (secondary N) is 2. The first kappa shape index (κ1) is 21.8. The van der Waals surface area contributed by atoms with Crippen molar-refractivity contribution in [2.24, 2.45) is 7.05 Å². The molecule has 3 heterocycles. The zero-order chi connectivity index (χ0) is 23.2. The maximum absolute atomic E-state index is 8.99. The molecular formula is C27H31ClN6. The van der Waals surface area contributed by atoms with Gasteiger partial charge in [-0.25, -0.2) is 0 Å². The highest BCUT2D eigenvalue weighted by molar-refractivity contribution is 6.30. The lowest BCUT2D eigenvalue weighted by molar-refractivity contribution is 0.123. The predicted molar refractivity (Wildman–Crippen MR) is 138 cm³/mol. The van der Waals surface area contributed by atoms with Crippen LogP contribution in [0.15, 0.2) is 48.7 Å². The number of imidazole rings is 1. The zero-order valence-corrected chi connectivity index (χ0v) is 20.4. The molecule has 6 rings (SSSR count). The van der Waals surface area contributed by atoms with Gasteiger partial charge < -0.3 is 14.5 Å². The molecule has 6 nitrogen and oxygen atoms in total. The van der Waals surface area contributed by atoms with E-state index in [1.54, 1.807) is 0 Å².